The molecule has 0 aromatic carbocycles. The molecule has 0 spiro atoms. The van der Waals surface area contributed by atoms with Crippen molar-refractivity contribution >= 4 is 5.84 Å². The minimum atomic E-state index is 0.272. The van der Waals surface area contributed by atoms with Crippen LogP contribution < -0.4 is 5.73 Å². The minimum absolute atomic E-state index is 0.272. The summed E-state index contributed by atoms with van der Waals surface area (Å²) < 4.78 is 5.22. The van der Waals surface area contributed by atoms with Gasteiger partial charge in [-0.05, 0) is 19.3 Å². The zero-order chi connectivity index (χ0) is 8.27. The first-order chi connectivity index (χ1) is 5.24. The van der Waals surface area contributed by atoms with Gasteiger partial charge >= 0.3 is 0 Å². The van der Waals surface area contributed by atoms with Crippen molar-refractivity contribution < 1.29 is 4.74 Å². The SMILES string of the molecule is COC1CCCC(C(=N)N)C1. The average Bonchev–Trinajstić information content (AvgIpc) is 2.05. The molecule has 3 heteroatoms. The van der Waals surface area contributed by atoms with Crippen LogP contribution in [0.4, 0.5) is 0 Å². The van der Waals surface area contributed by atoms with Gasteiger partial charge in [-0.25, -0.2) is 0 Å². The first-order valence-electron chi connectivity index (χ1n) is 4.10. The highest BCUT2D eigenvalue weighted by atomic mass is 16.5. The van der Waals surface area contributed by atoms with Gasteiger partial charge < -0.3 is 10.5 Å². The summed E-state index contributed by atoms with van der Waals surface area (Å²) in [7, 11) is 1.73. The monoisotopic (exact) mass is 156 g/mol. The van der Waals surface area contributed by atoms with E-state index in [-0.39, 0.29) is 5.92 Å². The lowest BCUT2D eigenvalue weighted by Gasteiger charge is -2.26. The Morgan fingerprint density at radius 3 is 2.82 bits per heavy atom. The van der Waals surface area contributed by atoms with E-state index in [9.17, 15) is 0 Å². The Balaban J connectivity index is 2.39. The second-order valence-corrected chi connectivity index (χ2v) is 3.18. The van der Waals surface area contributed by atoms with Gasteiger partial charge in [0.15, 0.2) is 0 Å². The molecule has 64 valence electrons. The summed E-state index contributed by atoms with van der Waals surface area (Å²) in [5, 5.41) is 7.28. The molecule has 3 nitrogen and oxygen atoms in total. The topological polar surface area (TPSA) is 59.1 Å². The highest BCUT2D eigenvalue weighted by molar-refractivity contribution is 5.79. The van der Waals surface area contributed by atoms with Crippen molar-refractivity contribution in [3.05, 3.63) is 0 Å². The van der Waals surface area contributed by atoms with Gasteiger partial charge in [-0.2, -0.15) is 0 Å². The first kappa shape index (κ1) is 8.53. The maximum Gasteiger partial charge on any atom is 0.0937 e. The van der Waals surface area contributed by atoms with E-state index in [1.165, 1.54) is 0 Å². The van der Waals surface area contributed by atoms with E-state index in [4.69, 9.17) is 15.9 Å². The van der Waals surface area contributed by atoms with Crippen LogP contribution in [0.25, 0.3) is 0 Å². The van der Waals surface area contributed by atoms with Crippen LogP contribution >= 0.6 is 0 Å². The van der Waals surface area contributed by atoms with Crippen LogP contribution in [0.1, 0.15) is 25.7 Å². The Labute approximate surface area is 67.4 Å². The van der Waals surface area contributed by atoms with Crippen LogP contribution in [0, 0.1) is 11.3 Å². The second kappa shape index (κ2) is 3.72. The summed E-state index contributed by atoms with van der Waals surface area (Å²) in [5.41, 5.74) is 5.41. The van der Waals surface area contributed by atoms with E-state index in [2.05, 4.69) is 0 Å². The number of hydrogen-bond donors (Lipinski definition) is 2. The number of ether oxygens (including phenoxy) is 1. The van der Waals surface area contributed by atoms with Crippen LogP contribution in [-0.2, 0) is 4.74 Å². The molecule has 0 bridgehead atoms. The van der Waals surface area contributed by atoms with Crippen molar-refractivity contribution in [3.8, 4) is 0 Å². The maximum atomic E-state index is 7.28. The van der Waals surface area contributed by atoms with Gasteiger partial charge in [-0.15, -0.1) is 0 Å². The Bertz CT molecular complexity index is 147. The summed E-state index contributed by atoms with van der Waals surface area (Å²) in [6.45, 7) is 0. The summed E-state index contributed by atoms with van der Waals surface area (Å²) in [6.07, 6.45) is 4.60. The maximum absolute atomic E-state index is 7.28. The van der Waals surface area contributed by atoms with E-state index < -0.39 is 0 Å². The molecule has 2 atom stereocenters. The predicted molar refractivity (Wildman–Crippen MR) is 44.7 cm³/mol. The van der Waals surface area contributed by atoms with Gasteiger partial charge in [0, 0.05) is 13.0 Å². The molecule has 2 unspecified atom stereocenters. The lowest BCUT2D eigenvalue weighted by Crippen LogP contribution is -2.30. The highest BCUT2D eigenvalue weighted by Gasteiger charge is 2.23. The van der Waals surface area contributed by atoms with Crippen molar-refractivity contribution in [1.82, 2.24) is 0 Å². The summed E-state index contributed by atoms with van der Waals surface area (Å²) in [4.78, 5) is 0. The zero-order valence-corrected chi connectivity index (χ0v) is 6.97. The van der Waals surface area contributed by atoms with Crippen molar-refractivity contribution in [2.24, 2.45) is 11.7 Å². The molecule has 3 N–H and O–H groups in total. The van der Waals surface area contributed by atoms with Crippen LogP contribution in [0.5, 0.6) is 0 Å². The molecule has 1 aliphatic rings. The fourth-order valence-corrected chi connectivity index (χ4v) is 1.64. The van der Waals surface area contributed by atoms with Crippen LogP contribution in [0.3, 0.4) is 0 Å². The number of amidine groups is 1. The fraction of sp³-hybridized carbons (Fsp3) is 0.875. The Kier molecular flexibility index (Phi) is 2.88. The van der Waals surface area contributed by atoms with Gasteiger partial charge in [-0.1, -0.05) is 6.42 Å². The molecule has 0 aliphatic heterocycles. The Morgan fingerprint density at radius 1 is 1.55 bits per heavy atom. The minimum Gasteiger partial charge on any atom is -0.387 e. The molecule has 1 aliphatic carbocycles. The van der Waals surface area contributed by atoms with Crippen molar-refractivity contribution in [2.75, 3.05) is 7.11 Å². The standard InChI is InChI=1S/C8H16N2O/c1-11-7-4-2-3-6(5-7)8(9)10/h6-7H,2-5H2,1H3,(H3,9,10). The third kappa shape index (κ3) is 2.19. The van der Waals surface area contributed by atoms with E-state index in [1.54, 1.807) is 7.11 Å². The van der Waals surface area contributed by atoms with Crippen LogP contribution in [0.15, 0.2) is 0 Å². The average molecular weight is 156 g/mol. The quantitative estimate of drug-likeness (QED) is 0.465. The molecule has 0 aromatic heterocycles. The van der Waals surface area contributed by atoms with E-state index in [0.29, 0.717) is 11.9 Å². The number of rotatable bonds is 2. The van der Waals surface area contributed by atoms with Crippen LogP contribution in [-0.4, -0.2) is 19.0 Å². The number of nitrogens with one attached hydrogen (secondary N) is 1. The normalized spacial score (nSPS) is 31.7. The largest absolute Gasteiger partial charge is 0.387 e. The molecule has 0 radical (unpaired) electrons. The second-order valence-electron chi connectivity index (χ2n) is 3.18. The van der Waals surface area contributed by atoms with Crippen molar-refractivity contribution in [3.63, 3.8) is 0 Å². The van der Waals surface area contributed by atoms with Crippen LogP contribution in [0.2, 0.25) is 0 Å². The third-order valence-electron chi connectivity index (χ3n) is 2.40. The van der Waals surface area contributed by atoms with Crippen molar-refractivity contribution in [2.45, 2.75) is 31.8 Å². The van der Waals surface area contributed by atoms with E-state index >= 15 is 0 Å². The van der Waals surface area contributed by atoms with E-state index in [1.807, 2.05) is 0 Å². The fourth-order valence-electron chi connectivity index (χ4n) is 1.64. The molecule has 11 heavy (non-hydrogen) atoms. The number of hydrogen-bond acceptors (Lipinski definition) is 2. The van der Waals surface area contributed by atoms with Gasteiger partial charge in [0.1, 0.15) is 0 Å². The molecule has 0 aromatic rings. The van der Waals surface area contributed by atoms with Gasteiger partial charge in [-0.3, -0.25) is 5.41 Å². The Hall–Kier alpha value is -0.570. The molecule has 0 saturated heterocycles. The first-order valence-corrected chi connectivity index (χ1v) is 4.10. The van der Waals surface area contributed by atoms with Crippen molar-refractivity contribution in [1.29, 1.82) is 5.41 Å². The highest BCUT2D eigenvalue weighted by Crippen LogP contribution is 2.25. The van der Waals surface area contributed by atoms with E-state index in [0.717, 1.165) is 25.7 Å². The molecular weight excluding hydrogens is 140 g/mol. The molecular formula is C8H16N2O. The lowest BCUT2D eigenvalue weighted by atomic mass is 9.86. The predicted octanol–water partition coefficient (Wildman–Crippen LogP) is 1.13. The summed E-state index contributed by atoms with van der Waals surface area (Å²) >= 11 is 0. The number of nitrogens with two attached hydrogens (primary N) is 1. The molecule has 0 amide bonds. The molecule has 1 saturated carbocycles. The number of methoxy groups -OCH3 is 1. The van der Waals surface area contributed by atoms with Gasteiger partial charge in [0.25, 0.3) is 0 Å². The smallest absolute Gasteiger partial charge is 0.0937 e. The zero-order valence-electron chi connectivity index (χ0n) is 6.97. The van der Waals surface area contributed by atoms with Gasteiger partial charge in [0.05, 0.1) is 11.9 Å². The Morgan fingerprint density at radius 2 is 2.27 bits per heavy atom. The third-order valence-corrected chi connectivity index (χ3v) is 2.40. The molecule has 1 fully saturated rings. The lowest BCUT2D eigenvalue weighted by molar-refractivity contribution is 0.0615. The summed E-state index contributed by atoms with van der Waals surface area (Å²) in [6, 6.07) is 0. The van der Waals surface area contributed by atoms with Gasteiger partial charge in [0.2, 0.25) is 0 Å². The summed E-state index contributed by atoms with van der Waals surface area (Å²) in [5.74, 6) is 0.598. The molecule has 0 heterocycles. The molecule has 1 rings (SSSR count).